The molecule has 0 aliphatic rings. The number of anilines is 1. The van der Waals surface area contributed by atoms with Crippen LogP contribution < -0.4 is 11.1 Å². The topological polar surface area (TPSA) is 80.9 Å². The minimum atomic E-state index is -4.96. The normalized spacial score (nSPS) is 12.4. The van der Waals surface area contributed by atoms with Crippen LogP contribution in [0.2, 0.25) is 5.15 Å². The van der Waals surface area contributed by atoms with E-state index in [1.165, 1.54) is 24.3 Å². The standard InChI is InChI=1S/C20H16ClF3N4O/c21-18-15(13-6-8-14(9-7-13)26-19(29)20(22,23)24)11-17(27-28-18)16(25)10-12-4-2-1-3-5-12/h1-9,11,16H,10,25H2,(H,26,29). The van der Waals surface area contributed by atoms with Gasteiger partial charge in [0.05, 0.1) is 11.7 Å². The molecule has 0 aliphatic carbocycles. The van der Waals surface area contributed by atoms with Crippen molar-refractivity contribution in [3.63, 3.8) is 0 Å². The van der Waals surface area contributed by atoms with Crippen molar-refractivity contribution < 1.29 is 18.0 Å². The zero-order valence-corrected chi connectivity index (χ0v) is 15.7. The van der Waals surface area contributed by atoms with Gasteiger partial charge in [0.15, 0.2) is 5.15 Å². The summed E-state index contributed by atoms with van der Waals surface area (Å²) in [5.41, 5.74) is 8.96. The van der Waals surface area contributed by atoms with Crippen LogP contribution in [-0.4, -0.2) is 22.3 Å². The molecular weight excluding hydrogens is 405 g/mol. The van der Waals surface area contributed by atoms with Gasteiger partial charge in [0.2, 0.25) is 0 Å². The molecule has 9 heteroatoms. The van der Waals surface area contributed by atoms with Crippen LogP contribution >= 0.6 is 11.6 Å². The monoisotopic (exact) mass is 420 g/mol. The Morgan fingerprint density at radius 3 is 2.34 bits per heavy atom. The number of hydrogen-bond acceptors (Lipinski definition) is 4. The molecule has 0 saturated heterocycles. The summed E-state index contributed by atoms with van der Waals surface area (Å²) in [6.07, 6.45) is -4.40. The largest absolute Gasteiger partial charge is 0.471 e. The molecule has 0 aliphatic heterocycles. The predicted molar refractivity (Wildman–Crippen MR) is 104 cm³/mol. The van der Waals surface area contributed by atoms with E-state index in [4.69, 9.17) is 17.3 Å². The molecule has 5 nitrogen and oxygen atoms in total. The Bertz CT molecular complexity index is 995. The molecule has 1 unspecified atom stereocenters. The highest BCUT2D eigenvalue weighted by atomic mass is 35.5. The average Bonchev–Trinajstić information content (AvgIpc) is 2.69. The Labute approximate surface area is 169 Å². The maximum absolute atomic E-state index is 12.4. The average molecular weight is 421 g/mol. The van der Waals surface area contributed by atoms with Crippen LogP contribution in [0.25, 0.3) is 11.1 Å². The Hall–Kier alpha value is -2.97. The van der Waals surface area contributed by atoms with Crippen molar-refractivity contribution in [1.29, 1.82) is 0 Å². The van der Waals surface area contributed by atoms with Gasteiger partial charge >= 0.3 is 12.1 Å². The Morgan fingerprint density at radius 1 is 1.07 bits per heavy atom. The van der Waals surface area contributed by atoms with Crippen molar-refractivity contribution >= 4 is 23.2 Å². The summed E-state index contributed by atoms with van der Waals surface area (Å²) in [6.45, 7) is 0. The summed E-state index contributed by atoms with van der Waals surface area (Å²) in [6, 6.07) is 16.7. The molecule has 3 aromatic rings. The van der Waals surface area contributed by atoms with Gasteiger partial charge < -0.3 is 11.1 Å². The molecule has 1 atom stereocenters. The first-order valence-corrected chi connectivity index (χ1v) is 8.93. The van der Waals surface area contributed by atoms with Gasteiger partial charge in [-0.25, -0.2) is 0 Å². The Balaban J connectivity index is 1.80. The second kappa shape index (κ2) is 8.59. The van der Waals surface area contributed by atoms with Crippen molar-refractivity contribution in [3.05, 3.63) is 77.1 Å². The van der Waals surface area contributed by atoms with E-state index in [0.717, 1.165) is 5.56 Å². The number of alkyl halides is 3. The summed E-state index contributed by atoms with van der Waals surface area (Å²) < 4.78 is 37.1. The van der Waals surface area contributed by atoms with Crippen LogP contribution in [0.15, 0.2) is 60.7 Å². The number of nitrogens with one attached hydrogen (secondary N) is 1. The molecule has 1 aromatic heterocycles. The molecule has 0 fully saturated rings. The summed E-state index contributed by atoms with van der Waals surface area (Å²) in [5, 5.41) is 9.91. The third-order valence-electron chi connectivity index (χ3n) is 4.16. The smallest absolute Gasteiger partial charge is 0.322 e. The fourth-order valence-corrected chi connectivity index (χ4v) is 2.88. The number of benzene rings is 2. The lowest BCUT2D eigenvalue weighted by atomic mass is 10.0. The lowest BCUT2D eigenvalue weighted by molar-refractivity contribution is -0.167. The predicted octanol–water partition coefficient (Wildman–Crippen LogP) is 4.54. The zero-order chi connectivity index (χ0) is 21.0. The van der Waals surface area contributed by atoms with E-state index in [-0.39, 0.29) is 10.8 Å². The summed E-state index contributed by atoms with van der Waals surface area (Å²) in [7, 11) is 0. The zero-order valence-electron chi connectivity index (χ0n) is 14.9. The lowest BCUT2D eigenvalue weighted by Crippen LogP contribution is -2.29. The van der Waals surface area contributed by atoms with Crippen molar-refractivity contribution in [3.8, 4) is 11.1 Å². The van der Waals surface area contributed by atoms with Crippen LogP contribution in [0, 0.1) is 0 Å². The highest BCUT2D eigenvalue weighted by Gasteiger charge is 2.38. The third-order valence-corrected chi connectivity index (χ3v) is 4.44. The SMILES string of the molecule is NC(Cc1ccccc1)c1cc(-c2ccc(NC(=O)C(F)(F)F)cc2)c(Cl)nn1. The Kier molecular flexibility index (Phi) is 6.14. The van der Waals surface area contributed by atoms with Gasteiger partial charge in [-0.15, -0.1) is 5.10 Å². The van der Waals surface area contributed by atoms with Crippen LogP contribution in [0.1, 0.15) is 17.3 Å². The van der Waals surface area contributed by atoms with Crippen molar-refractivity contribution in [1.82, 2.24) is 10.2 Å². The number of carbonyl (C=O) groups is 1. The van der Waals surface area contributed by atoms with E-state index in [2.05, 4.69) is 10.2 Å². The molecule has 29 heavy (non-hydrogen) atoms. The highest BCUT2D eigenvalue weighted by Crippen LogP contribution is 2.29. The first-order chi connectivity index (χ1) is 13.7. The van der Waals surface area contributed by atoms with Gasteiger partial charge in [-0.2, -0.15) is 18.3 Å². The first-order valence-electron chi connectivity index (χ1n) is 8.55. The lowest BCUT2D eigenvalue weighted by Gasteiger charge is -2.13. The second-order valence-electron chi connectivity index (χ2n) is 6.30. The van der Waals surface area contributed by atoms with Crippen molar-refractivity contribution in [2.45, 2.75) is 18.6 Å². The summed E-state index contributed by atoms with van der Waals surface area (Å²) >= 11 is 6.15. The van der Waals surface area contributed by atoms with Gasteiger partial charge in [-0.1, -0.05) is 54.1 Å². The number of carbonyl (C=O) groups excluding carboxylic acids is 1. The van der Waals surface area contributed by atoms with E-state index in [0.29, 0.717) is 23.2 Å². The third kappa shape index (κ3) is 5.30. The van der Waals surface area contributed by atoms with E-state index in [9.17, 15) is 18.0 Å². The van der Waals surface area contributed by atoms with Crippen LogP contribution in [0.4, 0.5) is 18.9 Å². The Morgan fingerprint density at radius 2 is 1.72 bits per heavy atom. The molecule has 0 saturated carbocycles. The fourth-order valence-electron chi connectivity index (χ4n) is 2.68. The van der Waals surface area contributed by atoms with E-state index < -0.39 is 18.1 Å². The van der Waals surface area contributed by atoms with E-state index in [1.807, 2.05) is 30.3 Å². The number of halogens is 4. The minimum Gasteiger partial charge on any atom is -0.322 e. The maximum atomic E-state index is 12.4. The van der Waals surface area contributed by atoms with Crippen molar-refractivity contribution in [2.75, 3.05) is 5.32 Å². The van der Waals surface area contributed by atoms with Gasteiger partial charge in [0.1, 0.15) is 0 Å². The van der Waals surface area contributed by atoms with Gasteiger partial charge in [0.25, 0.3) is 0 Å². The molecule has 2 aromatic carbocycles. The summed E-state index contributed by atoms with van der Waals surface area (Å²) in [5.74, 6) is -2.04. The molecule has 3 rings (SSSR count). The van der Waals surface area contributed by atoms with Gasteiger partial charge in [-0.05, 0) is 35.7 Å². The number of rotatable bonds is 5. The summed E-state index contributed by atoms with van der Waals surface area (Å²) in [4.78, 5) is 11.0. The number of hydrogen-bond donors (Lipinski definition) is 2. The first kappa shape index (κ1) is 20.8. The van der Waals surface area contributed by atoms with Gasteiger partial charge in [0, 0.05) is 11.3 Å². The van der Waals surface area contributed by atoms with E-state index in [1.54, 1.807) is 11.4 Å². The number of amides is 1. The molecule has 150 valence electrons. The van der Waals surface area contributed by atoms with Gasteiger partial charge in [-0.3, -0.25) is 4.79 Å². The molecule has 0 spiro atoms. The molecule has 0 radical (unpaired) electrons. The second-order valence-corrected chi connectivity index (χ2v) is 6.66. The maximum Gasteiger partial charge on any atom is 0.471 e. The highest BCUT2D eigenvalue weighted by molar-refractivity contribution is 6.32. The quantitative estimate of drug-likeness (QED) is 0.635. The molecular formula is C20H16ClF3N4O. The molecule has 3 N–H and O–H groups in total. The number of nitrogens with two attached hydrogens (primary N) is 1. The van der Waals surface area contributed by atoms with E-state index >= 15 is 0 Å². The number of nitrogens with zero attached hydrogens (tertiary/aromatic N) is 2. The molecule has 1 amide bonds. The van der Waals surface area contributed by atoms with Crippen LogP contribution in [0.3, 0.4) is 0 Å². The number of aromatic nitrogens is 2. The fraction of sp³-hybridized carbons (Fsp3) is 0.150. The van der Waals surface area contributed by atoms with Crippen LogP contribution in [0.5, 0.6) is 0 Å². The minimum absolute atomic E-state index is 0.00946. The molecule has 1 heterocycles. The van der Waals surface area contributed by atoms with Crippen LogP contribution in [-0.2, 0) is 11.2 Å². The molecule has 0 bridgehead atoms. The van der Waals surface area contributed by atoms with Crippen molar-refractivity contribution in [2.24, 2.45) is 5.73 Å².